The van der Waals surface area contributed by atoms with Crippen molar-refractivity contribution in [2.45, 2.75) is 25.6 Å². The van der Waals surface area contributed by atoms with E-state index in [4.69, 9.17) is 11.6 Å². The molecule has 0 fully saturated rings. The number of amides is 2. The molecule has 3 aromatic rings. The number of carbonyl (C=O) groups excluding carboxylic acids is 2. The highest BCUT2D eigenvalue weighted by Gasteiger charge is 2.32. The highest BCUT2D eigenvalue weighted by Crippen LogP contribution is 2.32. The van der Waals surface area contributed by atoms with Crippen LogP contribution in [0, 0.1) is 0 Å². The predicted molar refractivity (Wildman–Crippen MR) is 136 cm³/mol. The molecule has 0 radical (unpaired) electrons. The maximum Gasteiger partial charge on any atom is 0.426 e. The van der Waals surface area contributed by atoms with Gasteiger partial charge in [0.05, 0.1) is 17.1 Å². The molecule has 0 aliphatic carbocycles. The summed E-state index contributed by atoms with van der Waals surface area (Å²) >= 11 is 5.80. The lowest BCUT2D eigenvalue weighted by Crippen LogP contribution is -2.40. The first-order valence-electron chi connectivity index (χ1n) is 10.8. The zero-order valence-electron chi connectivity index (χ0n) is 19.4. The van der Waals surface area contributed by atoms with Crippen molar-refractivity contribution in [2.24, 2.45) is 0 Å². The van der Waals surface area contributed by atoms with Gasteiger partial charge in [0.1, 0.15) is 21.1 Å². The predicted octanol–water partition coefficient (Wildman–Crippen LogP) is 3.74. The first kappa shape index (κ1) is 29.2. The Morgan fingerprint density at radius 2 is 1.84 bits per heavy atom. The van der Waals surface area contributed by atoms with Crippen LogP contribution in [0.3, 0.4) is 0 Å². The van der Waals surface area contributed by atoms with Crippen molar-refractivity contribution in [3.8, 4) is 5.75 Å². The fourth-order valence-corrected chi connectivity index (χ4v) is 7.03. The number of carbonyl (C=O) groups is 2. The molecule has 3 rings (SSSR count). The number of rotatable bonds is 11. The molecule has 16 heteroatoms. The average molecular weight is 593 g/mol. The summed E-state index contributed by atoms with van der Waals surface area (Å²) in [6.07, 6.45) is -3.85. The number of benzene rings is 1. The number of phenols is 1. The van der Waals surface area contributed by atoms with Crippen LogP contribution in [-0.4, -0.2) is 36.9 Å². The van der Waals surface area contributed by atoms with E-state index in [1.807, 2.05) is 4.83 Å². The molecule has 5 N–H and O–H groups in total. The van der Waals surface area contributed by atoms with Crippen LogP contribution in [0.5, 0.6) is 5.75 Å². The third-order valence-corrected chi connectivity index (χ3v) is 9.85. The molecule has 2 heterocycles. The standard InChI is InChI=1S/C22H21ClF3N5O5S2/c23-18-11-15(22(24,25)26)12-28-20(18)27-9-1-4-19(33)30-31-38(35,36)37-10-2-3-17(37)13-29-21(34)14-5-7-16(32)8-6-14/h2-3,5-8,10-12,31H,1,4,9,13H2,(H3-,27,28,29,30,32,33,34)/p+1. The van der Waals surface area contributed by atoms with Gasteiger partial charge in [0, 0.05) is 30.8 Å². The van der Waals surface area contributed by atoms with Gasteiger partial charge in [-0.1, -0.05) is 16.4 Å². The Balaban J connectivity index is 1.45. The first-order chi connectivity index (χ1) is 17.9. The van der Waals surface area contributed by atoms with E-state index in [-0.39, 0.29) is 48.1 Å². The van der Waals surface area contributed by atoms with Crippen molar-refractivity contribution < 1.29 is 36.3 Å². The quantitative estimate of drug-likeness (QED) is 0.0985. The maximum absolute atomic E-state index is 12.7. The summed E-state index contributed by atoms with van der Waals surface area (Å²) in [4.78, 5) is 30.4. The van der Waals surface area contributed by atoms with E-state index < -0.39 is 42.1 Å². The summed E-state index contributed by atoms with van der Waals surface area (Å²) in [6.45, 7) is 0.0792. The average Bonchev–Trinajstić information content (AvgIpc) is 3.34. The zero-order valence-corrected chi connectivity index (χ0v) is 21.8. The lowest BCUT2D eigenvalue weighted by Gasteiger charge is -2.10. The van der Waals surface area contributed by atoms with Gasteiger partial charge in [-0.2, -0.15) is 21.6 Å². The third kappa shape index (κ3) is 8.05. The Labute approximate surface area is 222 Å². The molecule has 1 atom stereocenters. The summed E-state index contributed by atoms with van der Waals surface area (Å²) < 4.78 is 63.4. The Morgan fingerprint density at radius 3 is 2.50 bits per heavy atom. The molecule has 204 valence electrons. The number of hydrazine groups is 1. The normalized spacial score (nSPS) is 12.2. The fraction of sp³-hybridized carbons (Fsp3) is 0.227. The number of hydrogen-bond acceptors (Lipinski definition) is 7. The minimum Gasteiger partial charge on any atom is -0.508 e. The van der Waals surface area contributed by atoms with E-state index in [9.17, 15) is 36.3 Å². The number of nitrogens with one attached hydrogen (secondary N) is 4. The number of thiophene rings is 1. The maximum atomic E-state index is 12.7. The molecule has 1 aromatic carbocycles. The molecule has 2 aromatic heterocycles. The molecule has 0 saturated carbocycles. The summed E-state index contributed by atoms with van der Waals surface area (Å²) in [5.41, 5.74) is 1.41. The molecule has 0 aliphatic heterocycles. The largest absolute Gasteiger partial charge is 0.508 e. The molecule has 38 heavy (non-hydrogen) atoms. The van der Waals surface area contributed by atoms with Crippen LogP contribution in [0.15, 0.2) is 54.0 Å². The van der Waals surface area contributed by atoms with E-state index in [2.05, 4.69) is 21.0 Å². The summed E-state index contributed by atoms with van der Waals surface area (Å²) in [5.74, 6) is -1.07. The molecule has 0 bridgehead atoms. The van der Waals surface area contributed by atoms with Crippen LogP contribution >= 0.6 is 21.1 Å². The summed E-state index contributed by atoms with van der Waals surface area (Å²) in [6, 6.07) is 9.35. The van der Waals surface area contributed by atoms with Crippen LogP contribution in [0.1, 0.15) is 33.6 Å². The molecule has 0 saturated heterocycles. The highest BCUT2D eigenvalue weighted by atomic mass is 35.5. The van der Waals surface area contributed by atoms with Crippen molar-refractivity contribution in [3.63, 3.8) is 0 Å². The van der Waals surface area contributed by atoms with Crippen molar-refractivity contribution in [3.05, 3.63) is 75.1 Å². The van der Waals surface area contributed by atoms with Crippen molar-refractivity contribution in [2.75, 3.05) is 11.9 Å². The molecule has 10 nitrogen and oxygen atoms in total. The van der Waals surface area contributed by atoms with Crippen LogP contribution in [0.2, 0.25) is 5.02 Å². The number of aromatic nitrogens is 1. The summed E-state index contributed by atoms with van der Waals surface area (Å²) in [7, 11) is -5.50. The molecule has 2 amide bonds. The van der Waals surface area contributed by atoms with Gasteiger partial charge in [-0.3, -0.25) is 15.0 Å². The number of hydrogen-bond donors (Lipinski definition) is 5. The van der Waals surface area contributed by atoms with Gasteiger partial charge in [-0.05, 0) is 42.8 Å². The Morgan fingerprint density at radius 1 is 1.13 bits per heavy atom. The first-order valence-corrected chi connectivity index (χ1v) is 14.5. The number of halogens is 4. The van der Waals surface area contributed by atoms with E-state index in [0.29, 0.717) is 11.1 Å². The number of phenolic OH excluding ortho intramolecular Hbond substituents is 1. The van der Waals surface area contributed by atoms with E-state index in [1.165, 1.54) is 35.7 Å². The molecule has 0 spiro atoms. The number of alkyl halides is 3. The Bertz CT molecular complexity index is 1400. The number of nitrogens with zero attached hydrogens (tertiary/aromatic N) is 1. The highest BCUT2D eigenvalue weighted by molar-refractivity contribution is 8.38. The zero-order chi connectivity index (χ0) is 27.9. The van der Waals surface area contributed by atoms with E-state index in [0.717, 1.165) is 6.07 Å². The third-order valence-electron chi connectivity index (χ3n) is 4.89. The molecular formula is C22H22ClF3N5O5S2+. The fourth-order valence-electron chi connectivity index (χ4n) is 3.00. The van der Waals surface area contributed by atoms with Gasteiger partial charge in [0.2, 0.25) is 5.91 Å². The van der Waals surface area contributed by atoms with Crippen molar-refractivity contribution in [1.29, 1.82) is 0 Å². The van der Waals surface area contributed by atoms with Gasteiger partial charge in [0.15, 0.2) is 10.3 Å². The van der Waals surface area contributed by atoms with Gasteiger partial charge in [0.25, 0.3) is 5.91 Å². The lowest BCUT2D eigenvalue weighted by atomic mass is 10.2. The molecule has 1 unspecified atom stereocenters. The second-order valence-corrected chi connectivity index (χ2v) is 13.0. The van der Waals surface area contributed by atoms with Crippen LogP contribution in [0.25, 0.3) is 0 Å². The van der Waals surface area contributed by atoms with Gasteiger partial charge in [-0.25, -0.2) is 4.98 Å². The number of aromatic hydroxyl groups is 1. The smallest absolute Gasteiger partial charge is 0.426 e. The Kier molecular flexibility index (Phi) is 9.54. The lowest BCUT2D eigenvalue weighted by molar-refractivity contribution is -0.137. The van der Waals surface area contributed by atoms with Crippen molar-refractivity contribution >= 4 is 47.8 Å². The minimum absolute atomic E-state index is 0.00169. The second kappa shape index (κ2) is 12.4. The van der Waals surface area contributed by atoms with Crippen LogP contribution in [-0.2, 0) is 26.6 Å². The van der Waals surface area contributed by atoms with E-state index in [1.54, 1.807) is 6.07 Å². The van der Waals surface area contributed by atoms with Crippen LogP contribution < -0.4 is 20.9 Å². The molecular weight excluding hydrogens is 571 g/mol. The minimum atomic E-state index is -4.58. The topological polar surface area (TPSA) is 150 Å². The number of pyridine rings is 1. The van der Waals surface area contributed by atoms with Gasteiger partial charge >= 0.3 is 15.2 Å². The number of anilines is 1. The van der Waals surface area contributed by atoms with Gasteiger partial charge < -0.3 is 15.7 Å². The molecule has 0 aliphatic rings. The van der Waals surface area contributed by atoms with Gasteiger partial charge in [-0.15, -0.1) is 0 Å². The Hall–Kier alpha value is -3.40. The summed E-state index contributed by atoms with van der Waals surface area (Å²) in [5, 5.41) is 15.8. The van der Waals surface area contributed by atoms with Crippen molar-refractivity contribution in [1.82, 2.24) is 20.6 Å². The monoisotopic (exact) mass is 592 g/mol. The van der Waals surface area contributed by atoms with Crippen LogP contribution in [0.4, 0.5) is 19.0 Å². The second-order valence-electron chi connectivity index (χ2n) is 7.68. The van der Waals surface area contributed by atoms with E-state index >= 15 is 0 Å². The SMILES string of the molecule is O=C(CCCNc1ncc(C(F)(F)F)cc1Cl)NNS(=O)(=O)[s+]1cccc1CNC(=O)c1ccc(O)cc1.